The summed E-state index contributed by atoms with van der Waals surface area (Å²) in [5.74, 6) is 0.666. The van der Waals surface area contributed by atoms with Gasteiger partial charge in [-0.05, 0) is 35.1 Å². The van der Waals surface area contributed by atoms with Crippen LogP contribution in [0.25, 0.3) is 0 Å². The lowest BCUT2D eigenvalue weighted by atomic mass is 9.87. The molecule has 0 atom stereocenters. The van der Waals surface area contributed by atoms with Crippen molar-refractivity contribution in [1.82, 2.24) is 4.98 Å². The van der Waals surface area contributed by atoms with Crippen molar-refractivity contribution in [2.75, 3.05) is 5.32 Å². The van der Waals surface area contributed by atoms with Gasteiger partial charge in [-0.1, -0.05) is 70.1 Å². The minimum absolute atomic E-state index is 0.0414. The van der Waals surface area contributed by atoms with Gasteiger partial charge in [-0.25, -0.2) is 0 Å². The van der Waals surface area contributed by atoms with E-state index < -0.39 is 0 Å². The predicted molar refractivity (Wildman–Crippen MR) is 104 cm³/mol. The van der Waals surface area contributed by atoms with Crippen LogP contribution in [0.15, 0.2) is 42.6 Å². The van der Waals surface area contributed by atoms with Crippen LogP contribution in [0.5, 0.6) is 0 Å². The molecule has 0 bridgehead atoms. The summed E-state index contributed by atoms with van der Waals surface area (Å²) in [5, 5.41) is 2.92. The number of nitrogens with one attached hydrogen (secondary N) is 1. The third-order valence-corrected chi connectivity index (χ3v) is 4.65. The number of hydrogen-bond acceptors (Lipinski definition) is 3. The van der Waals surface area contributed by atoms with Gasteiger partial charge in [0.15, 0.2) is 0 Å². The second-order valence-corrected chi connectivity index (χ2v) is 7.84. The number of benzene rings is 1. The number of pyridine rings is 1. The highest BCUT2D eigenvalue weighted by atomic mass is 32.2. The predicted octanol–water partition coefficient (Wildman–Crippen LogP) is 5.80. The molecule has 1 aromatic carbocycles. The molecule has 2 aromatic rings. The monoisotopic (exact) mass is 342 g/mol. The molecule has 0 saturated heterocycles. The highest BCUT2D eigenvalue weighted by Crippen LogP contribution is 2.24. The van der Waals surface area contributed by atoms with E-state index in [-0.39, 0.29) is 10.7 Å². The van der Waals surface area contributed by atoms with Crippen molar-refractivity contribution in [2.45, 2.75) is 51.7 Å². The van der Waals surface area contributed by atoms with Crippen LogP contribution in [-0.2, 0) is 17.6 Å². The molecule has 0 aliphatic rings. The fourth-order valence-corrected chi connectivity index (χ4v) is 3.06. The summed E-state index contributed by atoms with van der Waals surface area (Å²) >= 11 is 1.29. The number of carbonyl (C=O) groups is 1. The van der Waals surface area contributed by atoms with Crippen molar-refractivity contribution in [3.8, 4) is 0 Å². The number of aryl methyl sites for hydroxylation is 1. The molecule has 1 aromatic heterocycles. The van der Waals surface area contributed by atoms with Gasteiger partial charge in [-0.3, -0.25) is 9.78 Å². The van der Waals surface area contributed by atoms with Gasteiger partial charge in [-0.2, -0.15) is 0 Å². The molecule has 0 saturated carbocycles. The van der Waals surface area contributed by atoms with Gasteiger partial charge in [0.05, 0.1) is 11.4 Å². The van der Waals surface area contributed by atoms with E-state index in [9.17, 15) is 4.79 Å². The minimum Gasteiger partial charge on any atom is -0.315 e. The molecule has 0 unspecified atom stereocenters. The lowest BCUT2D eigenvalue weighted by Gasteiger charge is -2.19. The van der Waals surface area contributed by atoms with Gasteiger partial charge < -0.3 is 5.32 Å². The zero-order chi connectivity index (χ0) is 17.6. The smallest absolute Gasteiger partial charge is 0.283 e. The molecule has 128 valence electrons. The van der Waals surface area contributed by atoms with E-state index in [4.69, 9.17) is 0 Å². The zero-order valence-electron chi connectivity index (χ0n) is 14.9. The molecular formula is C20H26N2OS. The van der Waals surface area contributed by atoms with Crippen molar-refractivity contribution in [3.05, 3.63) is 59.4 Å². The third kappa shape index (κ3) is 5.38. The topological polar surface area (TPSA) is 42.0 Å². The number of hydrogen-bond donors (Lipinski definition) is 1. The van der Waals surface area contributed by atoms with Crippen LogP contribution >= 0.6 is 11.8 Å². The average Bonchev–Trinajstić information content (AvgIpc) is 2.55. The Labute approximate surface area is 149 Å². The lowest BCUT2D eigenvalue weighted by molar-refractivity contribution is 0.269. The first kappa shape index (κ1) is 18.5. The van der Waals surface area contributed by atoms with Crippen molar-refractivity contribution >= 4 is 22.7 Å². The van der Waals surface area contributed by atoms with E-state index in [1.807, 2.05) is 12.1 Å². The first-order valence-electron chi connectivity index (χ1n) is 8.37. The van der Waals surface area contributed by atoms with Gasteiger partial charge in [0.2, 0.25) is 0 Å². The van der Waals surface area contributed by atoms with E-state index in [1.165, 1.54) is 17.3 Å². The Morgan fingerprint density at radius 1 is 1.17 bits per heavy atom. The Morgan fingerprint density at radius 2 is 1.88 bits per heavy atom. The highest BCUT2D eigenvalue weighted by Gasteiger charge is 2.13. The van der Waals surface area contributed by atoms with Gasteiger partial charge in [-0.15, -0.1) is 0 Å². The van der Waals surface area contributed by atoms with Crippen LogP contribution < -0.4 is 5.32 Å². The summed E-state index contributed by atoms with van der Waals surface area (Å²) < 4.78 is 0. The van der Waals surface area contributed by atoms with Gasteiger partial charge in [0.25, 0.3) is 5.24 Å². The van der Waals surface area contributed by atoms with Crippen LogP contribution in [0.3, 0.4) is 0 Å². The Bertz CT molecular complexity index is 675. The molecule has 0 aliphatic carbocycles. The van der Waals surface area contributed by atoms with Crippen molar-refractivity contribution < 1.29 is 4.79 Å². The number of rotatable bonds is 5. The average molecular weight is 343 g/mol. The summed E-state index contributed by atoms with van der Waals surface area (Å²) in [4.78, 5) is 16.5. The molecular weight excluding hydrogens is 316 g/mol. The molecule has 24 heavy (non-hydrogen) atoms. The Morgan fingerprint density at radius 3 is 2.50 bits per heavy atom. The van der Waals surface area contributed by atoms with E-state index in [1.54, 1.807) is 6.20 Å². The quantitative estimate of drug-likeness (QED) is 0.747. The van der Waals surface area contributed by atoms with Crippen molar-refractivity contribution in [3.63, 3.8) is 0 Å². The van der Waals surface area contributed by atoms with Crippen LogP contribution in [0, 0.1) is 0 Å². The molecule has 1 heterocycles. The van der Waals surface area contributed by atoms with E-state index in [0.717, 1.165) is 29.8 Å². The summed E-state index contributed by atoms with van der Waals surface area (Å²) in [6.45, 7) is 8.71. The summed E-state index contributed by atoms with van der Waals surface area (Å²) in [5.41, 5.74) is 4.38. The summed E-state index contributed by atoms with van der Waals surface area (Å²) in [6.07, 6.45) is 3.65. The molecule has 1 N–H and O–H groups in total. The largest absolute Gasteiger partial charge is 0.315 e. The second kappa shape index (κ2) is 8.34. The van der Waals surface area contributed by atoms with Crippen LogP contribution in [-0.4, -0.2) is 10.2 Å². The third-order valence-electron chi connectivity index (χ3n) is 3.80. The maximum atomic E-state index is 12.2. The minimum atomic E-state index is -0.0414. The molecule has 0 spiro atoms. The number of anilines is 1. The maximum absolute atomic E-state index is 12.2. The Hall–Kier alpha value is -1.81. The molecule has 2 rings (SSSR count). The fourth-order valence-electron chi connectivity index (χ4n) is 2.38. The summed E-state index contributed by atoms with van der Waals surface area (Å²) in [6, 6.07) is 12.3. The van der Waals surface area contributed by atoms with Crippen LogP contribution in [0.2, 0.25) is 0 Å². The number of amides is 1. The summed E-state index contributed by atoms with van der Waals surface area (Å²) in [7, 11) is 0. The number of nitrogens with zero attached hydrogens (tertiary/aromatic N) is 1. The van der Waals surface area contributed by atoms with Gasteiger partial charge in [0.1, 0.15) is 0 Å². The molecule has 0 radical (unpaired) electrons. The van der Waals surface area contributed by atoms with Gasteiger partial charge in [0, 0.05) is 11.9 Å². The molecule has 4 heteroatoms. The fraction of sp³-hybridized carbons (Fsp3) is 0.400. The lowest BCUT2D eigenvalue weighted by Crippen LogP contribution is -2.11. The number of aromatic nitrogens is 1. The van der Waals surface area contributed by atoms with Crippen LogP contribution in [0.4, 0.5) is 10.5 Å². The maximum Gasteiger partial charge on any atom is 0.283 e. The SMILES string of the molecule is CCCc1ncccc1NC(=O)SCc1ccc(C(C)(C)C)cc1. The van der Waals surface area contributed by atoms with Gasteiger partial charge >= 0.3 is 0 Å². The molecule has 0 fully saturated rings. The Balaban J connectivity index is 1.92. The van der Waals surface area contributed by atoms with Crippen molar-refractivity contribution in [1.29, 1.82) is 0 Å². The van der Waals surface area contributed by atoms with Crippen molar-refractivity contribution in [2.24, 2.45) is 0 Å². The first-order valence-corrected chi connectivity index (χ1v) is 9.36. The zero-order valence-corrected chi connectivity index (χ0v) is 15.7. The Kier molecular flexibility index (Phi) is 6.44. The number of carbonyl (C=O) groups excluding carboxylic acids is 1. The van der Waals surface area contributed by atoms with Crippen LogP contribution in [0.1, 0.15) is 50.9 Å². The highest BCUT2D eigenvalue weighted by molar-refractivity contribution is 8.13. The first-order chi connectivity index (χ1) is 11.4. The normalized spacial score (nSPS) is 11.3. The number of thioether (sulfide) groups is 1. The standard InChI is InChI=1S/C20H26N2OS/c1-5-7-17-18(8-6-13-21-17)22-19(23)24-14-15-9-11-16(12-10-15)20(2,3)4/h6,8-13H,5,7,14H2,1-4H3,(H,22,23). The van der Waals surface area contributed by atoms with E-state index >= 15 is 0 Å². The van der Waals surface area contributed by atoms with E-state index in [0.29, 0.717) is 5.75 Å². The van der Waals surface area contributed by atoms with E-state index in [2.05, 4.69) is 62.3 Å². The second-order valence-electron chi connectivity index (χ2n) is 6.90. The molecule has 0 aliphatic heterocycles. The molecule has 1 amide bonds. The molecule has 3 nitrogen and oxygen atoms in total.